The summed E-state index contributed by atoms with van der Waals surface area (Å²) in [4.78, 5) is 26.1. The van der Waals surface area contributed by atoms with Gasteiger partial charge in [-0.1, -0.05) is 13.8 Å². The summed E-state index contributed by atoms with van der Waals surface area (Å²) in [6.07, 6.45) is 4.55. The number of rotatable bonds is 6. The Morgan fingerprint density at radius 1 is 1.11 bits per heavy atom. The fourth-order valence-electron chi connectivity index (χ4n) is 5.10. The predicted octanol–water partition coefficient (Wildman–Crippen LogP) is 3.83. The van der Waals surface area contributed by atoms with Crippen molar-refractivity contribution in [3.63, 3.8) is 0 Å². The van der Waals surface area contributed by atoms with Crippen LogP contribution in [0.2, 0.25) is 0 Å². The first-order valence-corrected chi connectivity index (χ1v) is 14.6. The number of cyclic esters (lactones) is 1. The molecule has 1 aliphatic heterocycles. The lowest BCUT2D eigenvalue weighted by atomic mass is 9.82. The van der Waals surface area contributed by atoms with E-state index in [0.717, 1.165) is 10.9 Å². The Balaban J connectivity index is 1.48. The SMILES string of the molecule is C[C@@H]1[C@@H](Oc2ncc(C(C)(C)N)c3cc(Nc4ccc5c(n4)[C@@H](C)[C@H](C)OC5=O)ncc23)C[C@H]1S(C)(=O)=O. The molecule has 0 aromatic carbocycles. The average Bonchev–Trinajstić information content (AvgIpc) is 2.82. The lowest BCUT2D eigenvalue weighted by molar-refractivity contribution is 0.0235. The summed E-state index contributed by atoms with van der Waals surface area (Å²) in [5, 5.41) is 4.33. The van der Waals surface area contributed by atoms with Crippen molar-refractivity contribution < 1.29 is 22.7 Å². The molecule has 0 bridgehead atoms. The monoisotopic (exact) mass is 539 g/mol. The van der Waals surface area contributed by atoms with Gasteiger partial charge in [-0.05, 0) is 49.9 Å². The van der Waals surface area contributed by atoms with Gasteiger partial charge in [-0.3, -0.25) is 0 Å². The fraction of sp³-hybridized carbons (Fsp3) is 0.481. The smallest absolute Gasteiger partial charge is 0.340 e. The third kappa shape index (κ3) is 4.69. The van der Waals surface area contributed by atoms with Crippen molar-refractivity contribution in [3.05, 3.63) is 47.4 Å². The first-order chi connectivity index (χ1) is 17.7. The molecule has 5 rings (SSSR count). The lowest BCUT2D eigenvalue weighted by Gasteiger charge is -2.40. The maximum atomic E-state index is 12.3. The molecule has 1 aliphatic carbocycles. The number of carbonyl (C=O) groups excluding carboxylic acids is 1. The fourth-order valence-corrected chi connectivity index (χ4v) is 6.60. The van der Waals surface area contributed by atoms with Gasteiger partial charge in [0.1, 0.15) is 23.8 Å². The number of ether oxygens (including phenoxy) is 2. The van der Waals surface area contributed by atoms with Crippen molar-refractivity contribution in [1.29, 1.82) is 0 Å². The van der Waals surface area contributed by atoms with Crippen molar-refractivity contribution in [2.75, 3.05) is 11.6 Å². The second-order valence-electron chi connectivity index (χ2n) is 11.1. The summed E-state index contributed by atoms with van der Waals surface area (Å²) in [7, 11) is -3.13. The van der Waals surface area contributed by atoms with Crippen LogP contribution in [-0.4, -0.2) is 53.1 Å². The van der Waals surface area contributed by atoms with Crippen molar-refractivity contribution in [2.45, 2.75) is 70.0 Å². The Labute approximate surface area is 222 Å². The van der Waals surface area contributed by atoms with E-state index in [1.54, 1.807) is 24.5 Å². The molecule has 2 aliphatic rings. The van der Waals surface area contributed by atoms with Crippen LogP contribution >= 0.6 is 0 Å². The molecular weight excluding hydrogens is 506 g/mol. The lowest BCUT2D eigenvalue weighted by Crippen LogP contribution is -2.51. The van der Waals surface area contributed by atoms with Gasteiger partial charge in [0.05, 0.1) is 21.9 Å². The average molecular weight is 540 g/mol. The van der Waals surface area contributed by atoms with E-state index in [4.69, 9.17) is 15.2 Å². The Hall–Kier alpha value is -3.31. The molecule has 5 atom stereocenters. The maximum absolute atomic E-state index is 12.3. The zero-order valence-electron chi connectivity index (χ0n) is 22.3. The van der Waals surface area contributed by atoms with Crippen LogP contribution in [0.4, 0.5) is 11.6 Å². The standard InChI is InChI=1S/C27H33N5O5S/c1-13-15(3)36-26(33)16-7-8-22(32-24(13)16)31-23-9-17-18(11-29-23)25(30-12-19(17)27(4,5)28)37-20-10-21(14(20)2)38(6,34)35/h7-9,11-15,20-21H,10,28H2,1-6H3,(H,29,31,32)/t13-,14+,15-,20-,21+/m0/s1. The Bertz CT molecular complexity index is 1530. The van der Waals surface area contributed by atoms with E-state index in [1.807, 2.05) is 40.7 Å². The van der Waals surface area contributed by atoms with E-state index < -0.39 is 20.6 Å². The third-order valence-electron chi connectivity index (χ3n) is 7.71. The number of nitrogens with zero attached hydrogens (tertiary/aromatic N) is 3. The largest absolute Gasteiger partial charge is 0.473 e. The quantitative estimate of drug-likeness (QED) is 0.443. The number of aromatic nitrogens is 3. The van der Waals surface area contributed by atoms with E-state index in [1.165, 1.54) is 6.26 Å². The number of carbonyl (C=O) groups is 1. The molecule has 0 spiro atoms. The Morgan fingerprint density at radius 3 is 2.50 bits per heavy atom. The summed E-state index contributed by atoms with van der Waals surface area (Å²) >= 11 is 0. The summed E-state index contributed by atoms with van der Waals surface area (Å²) < 4.78 is 35.5. The minimum atomic E-state index is -3.13. The highest BCUT2D eigenvalue weighted by Gasteiger charge is 2.45. The summed E-state index contributed by atoms with van der Waals surface area (Å²) in [5.74, 6) is 0.940. The first-order valence-electron chi connectivity index (χ1n) is 12.7. The number of sulfone groups is 1. The van der Waals surface area contributed by atoms with Crippen molar-refractivity contribution >= 4 is 38.2 Å². The number of pyridine rings is 3. The highest BCUT2D eigenvalue weighted by Crippen LogP contribution is 2.39. The molecule has 202 valence electrons. The van der Waals surface area contributed by atoms with Gasteiger partial charge in [-0.15, -0.1) is 0 Å². The molecule has 3 aromatic rings. The number of hydrogen-bond donors (Lipinski definition) is 2. The topological polar surface area (TPSA) is 146 Å². The van der Waals surface area contributed by atoms with Crippen LogP contribution in [0.25, 0.3) is 10.8 Å². The van der Waals surface area contributed by atoms with E-state index in [9.17, 15) is 13.2 Å². The number of anilines is 2. The zero-order chi connectivity index (χ0) is 27.6. The van der Waals surface area contributed by atoms with Gasteiger partial charge in [0.25, 0.3) is 0 Å². The van der Waals surface area contributed by atoms with Gasteiger partial charge in [0.15, 0.2) is 9.84 Å². The number of hydrogen-bond acceptors (Lipinski definition) is 10. The number of fused-ring (bicyclic) bond motifs is 2. The van der Waals surface area contributed by atoms with Crippen molar-refractivity contribution in [1.82, 2.24) is 15.0 Å². The maximum Gasteiger partial charge on any atom is 0.340 e. The molecule has 0 amide bonds. The Morgan fingerprint density at radius 2 is 1.84 bits per heavy atom. The third-order valence-corrected chi connectivity index (χ3v) is 9.43. The summed E-state index contributed by atoms with van der Waals surface area (Å²) in [5.41, 5.74) is 7.75. The van der Waals surface area contributed by atoms with Crippen molar-refractivity contribution in [2.24, 2.45) is 11.7 Å². The van der Waals surface area contributed by atoms with Gasteiger partial charge in [0, 0.05) is 42.4 Å². The molecule has 4 heterocycles. The molecule has 0 radical (unpaired) electrons. The first kappa shape index (κ1) is 26.3. The second-order valence-corrected chi connectivity index (χ2v) is 13.4. The van der Waals surface area contributed by atoms with E-state index in [-0.39, 0.29) is 30.0 Å². The van der Waals surface area contributed by atoms with Gasteiger partial charge in [-0.2, -0.15) is 0 Å². The van der Waals surface area contributed by atoms with Crippen LogP contribution in [0.15, 0.2) is 30.6 Å². The molecule has 38 heavy (non-hydrogen) atoms. The summed E-state index contributed by atoms with van der Waals surface area (Å²) in [6.45, 7) is 9.51. The minimum Gasteiger partial charge on any atom is -0.473 e. The van der Waals surface area contributed by atoms with E-state index >= 15 is 0 Å². The predicted molar refractivity (Wildman–Crippen MR) is 144 cm³/mol. The van der Waals surface area contributed by atoms with Gasteiger partial charge in [-0.25, -0.2) is 28.2 Å². The zero-order valence-corrected chi connectivity index (χ0v) is 23.2. The highest BCUT2D eigenvalue weighted by molar-refractivity contribution is 7.91. The van der Waals surface area contributed by atoms with E-state index in [2.05, 4.69) is 20.3 Å². The normalized spacial score (nSPS) is 25.3. The van der Waals surface area contributed by atoms with Crippen LogP contribution in [0.3, 0.4) is 0 Å². The van der Waals surface area contributed by atoms with E-state index in [0.29, 0.717) is 40.6 Å². The van der Waals surface area contributed by atoms with Crippen LogP contribution in [-0.2, 0) is 20.1 Å². The molecule has 3 aromatic heterocycles. The number of nitrogens with one attached hydrogen (secondary N) is 1. The molecule has 11 heteroatoms. The summed E-state index contributed by atoms with van der Waals surface area (Å²) in [6, 6.07) is 5.31. The van der Waals surface area contributed by atoms with Crippen LogP contribution in [0.1, 0.15) is 68.6 Å². The molecule has 1 saturated carbocycles. The van der Waals surface area contributed by atoms with Gasteiger partial charge in [0.2, 0.25) is 5.88 Å². The van der Waals surface area contributed by atoms with Gasteiger partial charge >= 0.3 is 5.97 Å². The van der Waals surface area contributed by atoms with Gasteiger partial charge < -0.3 is 20.5 Å². The molecule has 0 saturated heterocycles. The molecule has 10 nitrogen and oxygen atoms in total. The molecule has 3 N–H and O–H groups in total. The van der Waals surface area contributed by atoms with Crippen LogP contribution in [0, 0.1) is 5.92 Å². The molecule has 0 unspecified atom stereocenters. The highest BCUT2D eigenvalue weighted by atomic mass is 32.2. The molecular formula is C27H33N5O5S. The number of nitrogens with two attached hydrogens (primary N) is 1. The number of esters is 1. The van der Waals surface area contributed by atoms with Crippen molar-refractivity contribution in [3.8, 4) is 5.88 Å². The second kappa shape index (κ2) is 9.16. The van der Waals surface area contributed by atoms with Crippen LogP contribution < -0.4 is 15.8 Å². The molecule has 1 fully saturated rings. The Kier molecular flexibility index (Phi) is 6.34. The minimum absolute atomic E-state index is 0.0411. The van der Waals surface area contributed by atoms with Crippen LogP contribution in [0.5, 0.6) is 5.88 Å².